The Morgan fingerprint density at radius 3 is 2.33 bits per heavy atom. The van der Waals surface area contributed by atoms with Gasteiger partial charge in [-0.05, 0) is 65.7 Å². The van der Waals surface area contributed by atoms with Gasteiger partial charge in [-0.3, -0.25) is 14.5 Å². The van der Waals surface area contributed by atoms with Gasteiger partial charge in [0.15, 0.2) is 0 Å². The van der Waals surface area contributed by atoms with E-state index in [-0.39, 0.29) is 17.7 Å². The molecule has 1 aliphatic rings. The molecule has 1 aliphatic heterocycles. The van der Waals surface area contributed by atoms with E-state index >= 15 is 0 Å². The van der Waals surface area contributed by atoms with E-state index < -0.39 is 0 Å². The van der Waals surface area contributed by atoms with Gasteiger partial charge in [0.1, 0.15) is 0 Å². The van der Waals surface area contributed by atoms with Crippen LogP contribution in [0.1, 0.15) is 25.0 Å². The number of anilines is 1. The number of carbonyl (C=O) groups excluding carboxylic acids is 2. The molecule has 3 aromatic carbocycles. The highest BCUT2D eigenvalue weighted by atomic mass is 32.2. The van der Waals surface area contributed by atoms with Gasteiger partial charge in [0.05, 0.1) is 11.4 Å². The van der Waals surface area contributed by atoms with E-state index in [9.17, 15) is 9.59 Å². The molecule has 1 heterocycles. The molecule has 1 fully saturated rings. The van der Waals surface area contributed by atoms with E-state index in [0.717, 1.165) is 52.4 Å². The maximum Gasteiger partial charge on any atom is 0.293 e. The highest BCUT2D eigenvalue weighted by Gasteiger charge is 2.35. The van der Waals surface area contributed by atoms with Gasteiger partial charge in [-0.25, -0.2) is 0 Å². The van der Waals surface area contributed by atoms with Crippen molar-refractivity contribution in [2.24, 2.45) is 0 Å². The fourth-order valence-corrected chi connectivity index (χ4v) is 4.60. The van der Waals surface area contributed by atoms with Crippen molar-refractivity contribution in [2.45, 2.75) is 20.4 Å². The van der Waals surface area contributed by atoms with Gasteiger partial charge < -0.3 is 4.90 Å². The molecule has 2 amide bonds. The molecule has 0 saturated carbocycles. The quantitative estimate of drug-likeness (QED) is 0.468. The Bertz CT molecular complexity index is 1110. The topological polar surface area (TPSA) is 40.6 Å². The minimum absolute atomic E-state index is 0.223. The fourth-order valence-electron chi connectivity index (χ4n) is 3.76. The zero-order valence-corrected chi connectivity index (χ0v) is 18.0. The lowest BCUT2D eigenvalue weighted by Crippen LogP contribution is -2.27. The van der Waals surface area contributed by atoms with Gasteiger partial charge in [0.25, 0.3) is 11.1 Å². The largest absolute Gasteiger partial charge is 0.372 e. The van der Waals surface area contributed by atoms with E-state index in [1.165, 1.54) is 4.90 Å². The Hall–Kier alpha value is -3.05. The number of thioether (sulfide) groups is 1. The molecule has 0 N–H and O–H groups in total. The molecule has 4 rings (SSSR count). The molecule has 0 radical (unpaired) electrons. The number of rotatable bonds is 6. The van der Waals surface area contributed by atoms with Crippen LogP contribution in [0.15, 0.2) is 71.6 Å². The monoisotopic (exact) mass is 416 g/mol. The SMILES string of the molecule is CCN(CC)c1ccc(/C=C2/SC(=O)N(Cc3cccc4ccccc34)C2=O)cc1. The summed E-state index contributed by atoms with van der Waals surface area (Å²) >= 11 is 1.01. The van der Waals surface area contributed by atoms with Crippen molar-refractivity contribution in [1.29, 1.82) is 0 Å². The number of hydrogen-bond donors (Lipinski definition) is 0. The summed E-state index contributed by atoms with van der Waals surface area (Å²) in [4.78, 5) is 29.6. The second-order valence-electron chi connectivity index (χ2n) is 7.17. The first-order valence-corrected chi connectivity index (χ1v) is 11.0. The Morgan fingerprint density at radius 2 is 1.60 bits per heavy atom. The number of fused-ring (bicyclic) bond motifs is 1. The predicted octanol–water partition coefficient (Wildman–Crippen LogP) is 5.92. The third kappa shape index (κ3) is 3.98. The third-order valence-corrected chi connectivity index (χ3v) is 6.31. The second-order valence-corrected chi connectivity index (χ2v) is 8.16. The maximum atomic E-state index is 12.9. The maximum absolute atomic E-state index is 12.9. The second kappa shape index (κ2) is 8.76. The Balaban J connectivity index is 1.55. The molecule has 0 unspecified atom stereocenters. The summed E-state index contributed by atoms with van der Waals surface area (Å²) in [5.41, 5.74) is 3.04. The minimum atomic E-state index is -0.231. The summed E-state index contributed by atoms with van der Waals surface area (Å²) in [6.45, 7) is 6.43. The Labute approximate surface area is 181 Å². The van der Waals surface area contributed by atoms with Gasteiger partial charge in [-0.15, -0.1) is 0 Å². The zero-order chi connectivity index (χ0) is 21.1. The first kappa shape index (κ1) is 20.2. The minimum Gasteiger partial charge on any atom is -0.372 e. The van der Waals surface area contributed by atoms with Crippen molar-refractivity contribution < 1.29 is 9.59 Å². The summed E-state index contributed by atoms with van der Waals surface area (Å²) in [6.07, 6.45) is 1.81. The van der Waals surface area contributed by atoms with E-state index in [4.69, 9.17) is 0 Å². The van der Waals surface area contributed by atoms with Crippen molar-refractivity contribution in [3.05, 3.63) is 82.8 Å². The molecular weight excluding hydrogens is 392 g/mol. The van der Waals surface area contributed by atoms with Gasteiger partial charge in [0.2, 0.25) is 0 Å². The first-order valence-electron chi connectivity index (χ1n) is 10.2. The van der Waals surface area contributed by atoms with Crippen LogP contribution in [0.4, 0.5) is 10.5 Å². The smallest absolute Gasteiger partial charge is 0.293 e. The third-order valence-electron chi connectivity index (χ3n) is 5.40. The zero-order valence-electron chi connectivity index (χ0n) is 17.2. The van der Waals surface area contributed by atoms with Gasteiger partial charge in [-0.2, -0.15) is 0 Å². The van der Waals surface area contributed by atoms with Crippen molar-refractivity contribution in [1.82, 2.24) is 4.90 Å². The van der Waals surface area contributed by atoms with E-state index in [1.807, 2.05) is 54.6 Å². The highest BCUT2D eigenvalue weighted by molar-refractivity contribution is 8.18. The summed E-state index contributed by atoms with van der Waals surface area (Å²) in [7, 11) is 0. The van der Waals surface area contributed by atoms with Crippen LogP contribution in [0.25, 0.3) is 16.8 Å². The van der Waals surface area contributed by atoms with E-state index in [1.54, 1.807) is 6.08 Å². The summed E-state index contributed by atoms with van der Waals surface area (Å²) < 4.78 is 0. The lowest BCUT2D eigenvalue weighted by molar-refractivity contribution is -0.123. The van der Waals surface area contributed by atoms with Crippen LogP contribution in [-0.4, -0.2) is 29.1 Å². The molecule has 1 saturated heterocycles. The van der Waals surface area contributed by atoms with Crippen LogP contribution < -0.4 is 4.90 Å². The molecule has 152 valence electrons. The molecule has 0 bridgehead atoms. The molecule has 0 aromatic heterocycles. The average Bonchev–Trinajstić information content (AvgIpc) is 3.03. The fraction of sp³-hybridized carbons (Fsp3) is 0.200. The van der Waals surface area contributed by atoms with Crippen molar-refractivity contribution in [2.75, 3.05) is 18.0 Å². The molecule has 5 heteroatoms. The first-order chi connectivity index (χ1) is 14.6. The van der Waals surface area contributed by atoms with Crippen LogP contribution in [-0.2, 0) is 11.3 Å². The van der Waals surface area contributed by atoms with Crippen molar-refractivity contribution in [3.63, 3.8) is 0 Å². The van der Waals surface area contributed by atoms with Gasteiger partial charge >= 0.3 is 0 Å². The lowest BCUT2D eigenvalue weighted by atomic mass is 10.0. The number of benzene rings is 3. The van der Waals surface area contributed by atoms with Crippen LogP contribution in [0.3, 0.4) is 0 Å². The number of imide groups is 1. The van der Waals surface area contributed by atoms with Crippen molar-refractivity contribution in [3.8, 4) is 0 Å². The predicted molar refractivity (Wildman–Crippen MR) is 125 cm³/mol. The van der Waals surface area contributed by atoms with Crippen LogP contribution in [0.5, 0.6) is 0 Å². The van der Waals surface area contributed by atoms with Gasteiger partial charge in [0, 0.05) is 18.8 Å². The summed E-state index contributed by atoms with van der Waals surface area (Å²) in [6, 6.07) is 22.1. The van der Waals surface area contributed by atoms with Gasteiger partial charge in [-0.1, -0.05) is 54.6 Å². The number of nitrogens with zero attached hydrogens (tertiary/aromatic N) is 2. The number of amides is 2. The lowest BCUT2D eigenvalue weighted by Gasteiger charge is -2.20. The molecule has 3 aromatic rings. The molecule has 4 nitrogen and oxygen atoms in total. The molecule has 0 aliphatic carbocycles. The highest BCUT2D eigenvalue weighted by Crippen LogP contribution is 2.34. The standard InChI is InChI=1S/C25H24N2O2S/c1-3-26(4-2)21-14-12-18(13-15-21)16-23-24(28)27(25(29)30-23)17-20-10-7-9-19-8-5-6-11-22(19)20/h5-16H,3-4,17H2,1-2H3/b23-16+. The Kier molecular flexibility index (Phi) is 5.91. The molecule has 30 heavy (non-hydrogen) atoms. The molecule has 0 spiro atoms. The summed E-state index contributed by atoms with van der Waals surface area (Å²) in [5.74, 6) is -0.231. The normalized spacial score (nSPS) is 15.4. The van der Waals surface area contributed by atoms with Crippen molar-refractivity contribution >= 4 is 45.4 Å². The number of hydrogen-bond acceptors (Lipinski definition) is 4. The van der Waals surface area contributed by atoms with E-state index in [2.05, 4.69) is 30.9 Å². The van der Waals surface area contributed by atoms with E-state index in [0.29, 0.717) is 4.91 Å². The van der Waals surface area contributed by atoms with Crippen LogP contribution in [0.2, 0.25) is 0 Å². The van der Waals surface area contributed by atoms with Crippen LogP contribution in [0, 0.1) is 0 Å². The molecule has 0 atom stereocenters. The average molecular weight is 417 g/mol. The summed E-state index contributed by atoms with van der Waals surface area (Å²) in [5, 5.41) is 1.94. The van der Waals surface area contributed by atoms with Crippen LogP contribution >= 0.6 is 11.8 Å². The molecular formula is C25H24N2O2S. The Morgan fingerprint density at radius 1 is 0.900 bits per heavy atom. The number of carbonyl (C=O) groups is 2.